The van der Waals surface area contributed by atoms with Crippen LogP contribution >= 0.6 is 11.3 Å². The molecule has 218 valence electrons. The lowest BCUT2D eigenvalue weighted by molar-refractivity contribution is -0.386. The molecule has 0 amide bonds. The van der Waals surface area contributed by atoms with E-state index in [0.29, 0.717) is 29.1 Å². The Labute approximate surface area is 246 Å². The number of allylic oxidation sites excluding steroid dienone is 3. The number of hydrogen-bond acceptors (Lipinski definition) is 10. The third-order valence-electron chi connectivity index (χ3n) is 7.23. The zero-order valence-corrected chi connectivity index (χ0v) is 23.9. The minimum Gasteiger partial charge on any atom is -0.500 e. The number of esters is 1. The SMILES string of the molecule is CCOc1cc(C2C(C(=O)OCCOc3ccccc3)=C(C)NC3=C2C(=O)CC(c2cccs2)C3)cc([N+](=O)[O-])c1O. The van der Waals surface area contributed by atoms with Gasteiger partial charge in [-0.2, -0.15) is 0 Å². The van der Waals surface area contributed by atoms with Crippen LogP contribution in [0, 0.1) is 10.1 Å². The van der Waals surface area contributed by atoms with Gasteiger partial charge in [-0.25, -0.2) is 4.79 Å². The lowest BCUT2D eigenvalue weighted by atomic mass is 9.72. The highest BCUT2D eigenvalue weighted by Gasteiger charge is 2.42. The third kappa shape index (κ3) is 5.87. The average molecular weight is 591 g/mol. The van der Waals surface area contributed by atoms with E-state index in [-0.39, 0.29) is 54.8 Å². The van der Waals surface area contributed by atoms with Crippen LogP contribution in [0.15, 0.2) is 82.5 Å². The number of nitrogens with zero attached hydrogens (tertiary/aromatic N) is 1. The Kier molecular flexibility index (Phi) is 8.58. The van der Waals surface area contributed by atoms with E-state index in [1.807, 2.05) is 35.7 Å². The van der Waals surface area contributed by atoms with Crippen LogP contribution in [0.25, 0.3) is 0 Å². The smallest absolute Gasteiger partial charge is 0.336 e. The van der Waals surface area contributed by atoms with Crippen molar-refractivity contribution in [1.82, 2.24) is 5.32 Å². The molecule has 0 saturated heterocycles. The van der Waals surface area contributed by atoms with E-state index in [1.165, 1.54) is 12.1 Å². The van der Waals surface area contributed by atoms with Crippen LogP contribution < -0.4 is 14.8 Å². The van der Waals surface area contributed by atoms with E-state index < -0.39 is 28.2 Å². The Hall–Kier alpha value is -4.64. The number of rotatable bonds is 10. The fourth-order valence-electron chi connectivity index (χ4n) is 5.44. The minimum absolute atomic E-state index is 0.0334. The largest absolute Gasteiger partial charge is 0.500 e. The summed E-state index contributed by atoms with van der Waals surface area (Å²) in [5, 5.41) is 27.7. The highest BCUT2D eigenvalue weighted by atomic mass is 32.1. The number of Topliss-reactive ketones (excluding diaryl/α,β-unsaturated/α-hetero) is 1. The number of nitrogens with one attached hydrogen (secondary N) is 1. The van der Waals surface area contributed by atoms with Crippen LogP contribution in [-0.2, 0) is 14.3 Å². The van der Waals surface area contributed by atoms with Gasteiger partial charge < -0.3 is 24.6 Å². The molecule has 2 atom stereocenters. The number of nitro benzene ring substituents is 1. The number of carbonyl (C=O) groups excluding carboxylic acids is 2. The van der Waals surface area contributed by atoms with Crippen molar-refractivity contribution in [3.63, 3.8) is 0 Å². The van der Waals surface area contributed by atoms with Gasteiger partial charge in [0.15, 0.2) is 11.5 Å². The van der Waals surface area contributed by atoms with Crippen LogP contribution in [0.1, 0.15) is 49.0 Å². The number of nitro groups is 1. The number of thiophene rings is 1. The molecule has 42 heavy (non-hydrogen) atoms. The molecule has 0 saturated carbocycles. The maximum atomic E-state index is 13.8. The van der Waals surface area contributed by atoms with Crippen LogP contribution in [0.5, 0.6) is 17.2 Å². The van der Waals surface area contributed by atoms with Crippen molar-refractivity contribution in [2.75, 3.05) is 19.8 Å². The molecule has 0 bridgehead atoms. The molecule has 2 unspecified atom stereocenters. The second kappa shape index (κ2) is 12.5. The molecule has 1 aliphatic heterocycles. The number of ether oxygens (including phenoxy) is 3. The zero-order chi connectivity index (χ0) is 29.8. The zero-order valence-electron chi connectivity index (χ0n) is 23.1. The molecular weight excluding hydrogens is 560 g/mol. The number of phenols is 1. The molecule has 3 aromatic rings. The van der Waals surface area contributed by atoms with Gasteiger partial charge in [0.2, 0.25) is 5.75 Å². The predicted molar refractivity (Wildman–Crippen MR) is 156 cm³/mol. The predicted octanol–water partition coefficient (Wildman–Crippen LogP) is 5.74. The fourth-order valence-corrected chi connectivity index (χ4v) is 6.27. The molecular formula is C31H30N2O8S. The summed E-state index contributed by atoms with van der Waals surface area (Å²) in [6.45, 7) is 3.58. The average Bonchev–Trinajstić information content (AvgIpc) is 3.51. The first-order valence-electron chi connectivity index (χ1n) is 13.5. The summed E-state index contributed by atoms with van der Waals surface area (Å²) < 4.78 is 16.7. The first kappa shape index (κ1) is 28.9. The van der Waals surface area contributed by atoms with E-state index >= 15 is 0 Å². The van der Waals surface area contributed by atoms with Crippen molar-refractivity contribution < 1.29 is 33.8 Å². The van der Waals surface area contributed by atoms with Gasteiger partial charge in [0.25, 0.3) is 0 Å². The molecule has 2 aromatic carbocycles. The lowest BCUT2D eigenvalue weighted by Crippen LogP contribution is -2.36. The molecule has 0 fully saturated rings. The van der Waals surface area contributed by atoms with Gasteiger partial charge in [-0.3, -0.25) is 14.9 Å². The van der Waals surface area contributed by atoms with Crippen molar-refractivity contribution in [3.8, 4) is 17.2 Å². The quantitative estimate of drug-likeness (QED) is 0.131. The summed E-state index contributed by atoms with van der Waals surface area (Å²) in [6, 6.07) is 15.7. The summed E-state index contributed by atoms with van der Waals surface area (Å²) in [7, 11) is 0. The van der Waals surface area contributed by atoms with E-state index in [4.69, 9.17) is 14.2 Å². The maximum Gasteiger partial charge on any atom is 0.336 e. The molecule has 2 heterocycles. The molecule has 0 radical (unpaired) electrons. The van der Waals surface area contributed by atoms with Crippen LogP contribution in [0.3, 0.4) is 0 Å². The molecule has 2 N–H and O–H groups in total. The normalized spacial score (nSPS) is 18.3. The highest BCUT2D eigenvalue weighted by Crippen LogP contribution is 2.49. The minimum atomic E-state index is -0.973. The van der Waals surface area contributed by atoms with Crippen molar-refractivity contribution in [1.29, 1.82) is 0 Å². The maximum absolute atomic E-state index is 13.8. The molecule has 1 aromatic heterocycles. The molecule has 2 aliphatic rings. The molecule has 1 aliphatic carbocycles. The van der Waals surface area contributed by atoms with Gasteiger partial charge in [0, 0.05) is 46.2 Å². The van der Waals surface area contributed by atoms with Gasteiger partial charge in [-0.1, -0.05) is 24.3 Å². The summed E-state index contributed by atoms with van der Waals surface area (Å²) in [5.74, 6) is -1.97. The Morgan fingerprint density at radius 2 is 1.90 bits per heavy atom. The van der Waals surface area contributed by atoms with Crippen molar-refractivity contribution >= 4 is 28.8 Å². The Morgan fingerprint density at radius 3 is 2.60 bits per heavy atom. The standard InChI is InChI=1S/C31H30N2O8S/c1-3-39-25-17-20(15-23(30(25)35)33(37)38)28-27(31(36)41-12-11-40-21-8-5-4-6-9-21)18(2)32-22-14-19(16-24(34)29(22)28)26-10-7-13-42-26/h4-10,13,15,17,19,28,32,35H,3,11-12,14,16H2,1-2H3. The monoisotopic (exact) mass is 590 g/mol. The van der Waals surface area contributed by atoms with Crippen molar-refractivity contribution in [3.05, 3.63) is 103 Å². The first-order chi connectivity index (χ1) is 20.3. The fraction of sp³-hybridized carbons (Fsp3) is 0.290. The molecule has 0 spiro atoms. The van der Waals surface area contributed by atoms with E-state index in [0.717, 1.165) is 4.88 Å². The summed E-state index contributed by atoms with van der Waals surface area (Å²) in [5.41, 5.74) is 1.32. The first-order valence-corrected chi connectivity index (χ1v) is 14.4. The number of phenolic OH excluding ortho intramolecular Hbond substituents is 1. The molecule has 10 nitrogen and oxygen atoms in total. The number of dihydropyridines is 1. The van der Waals surface area contributed by atoms with E-state index in [9.17, 15) is 24.8 Å². The van der Waals surface area contributed by atoms with Crippen LogP contribution in [-0.4, -0.2) is 41.6 Å². The van der Waals surface area contributed by atoms with E-state index in [2.05, 4.69) is 5.32 Å². The van der Waals surface area contributed by atoms with Gasteiger partial charge in [-0.15, -0.1) is 11.3 Å². The third-order valence-corrected chi connectivity index (χ3v) is 8.26. The topological polar surface area (TPSA) is 137 Å². The molecule has 5 rings (SSSR count). The van der Waals surface area contributed by atoms with Gasteiger partial charge >= 0.3 is 11.7 Å². The van der Waals surface area contributed by atoms with Crippen LogP contribution in [0.4, 0.5) is 5.69 Å². The number of hydrogen-bond donors (Lipinski definition) is 2. The summed E-state index contributed by atoms with van der Waals surface area (Å²) in [6.07, 6.45) is 0.753. The number of ketones is 1. The van der Waals surface area contributed by atoms with Crippen LogP contribution in [0.2, 0.25) is 0 Å². The Morgan fingerprint density at radius 1 is 1.12 bits per heavy atom. The second-order valence-electron chi connectivity index (χ2n) is 9.91. The number of para-hydroxylation sites is 1. The van der Waals surface area contributed by atoms with Crippen molar-refractivity contribution in [2.24, 2.45) is 0 Å². The number of aromatic hydroxyl groups is 1. The van der Waals surface area contributed by atoms with Crippen molar-refractivity contribution in [2.45, 2.75) is 38.5 Å². The lowest BCUT2D eigenvalue weighted by Gasteiger charge is -2.36. The Balaban J connectivity index is 1.52. The highest BCUT2D eigenvalue weighted by molar-refractivity contribution is 7.10. The summed E-state index contributed by atoms with van der Waals surface area (Å²) >= 11 is 1.58. The second-order valence-corrected chi connectivity index (χ2v) is 10.9. The van der Waals surface area contributed by atoms with Gasteiger partial charge in [0.1, 0.15) is 19.0 Å². The Bertz CT molecular complexity index is 1560. The van der Waals surface area contributed by atoms with Gasteiger partial charge in [0.05, 0.1) is 17.1 Å². The summed E-state index contributed by atoms with van der Waals surface area (Å²) in [4.78, 5) is 39.7. The molecule has 11 heteroatoms. The number of benzene rings is 2. The van der Waals surface area contributed by atoms with Gasteiger partial charge in [-0.05, 0) is 55.5 Å². The van der Waals surface area contributed by atoms with E-state index in [1.54, 1.807) is 37.3 Å². The number of carbonyl (C=O) groups is 2.